The van der Waals surface area contributed by atoms with Crippen LogP contribution in [0.15, 0.2) is 12.1 Å². The van der Waals surface area contributed by atoms with Crippen molar-refractivity contribution in [3.8, 4) is 0 Å². The summed E-state index contributed by atoms with van der Waals surface area (Å²) in [5.41, 5.74) is 0.894. The minimum Gasteiger partial charge on any atom is -0.399 e. The van der Waals surface area contributed by atoms with Gasteiger partial charge in [0, 0.05) is 15.5 Å². The molecule has 0 radical (unpaired) electrons. The molecule has 5 heteroatoms. The summed E-state index contributed by atoms with van der Waals surface area (Å²) in [6, 6.07) is 3.71. The lowest BCUT2D eigenvalue weighted by atomic mass is 9.78. The van der Waals surface area contributed by atoms with Crippen LogP contribution in [0, 0.1) is 6.92 Å². The molecule has 0 unspecified atom stereocenters. The van der Waals surface area contributed by atoms with Crippen molar-refractivity contribution in [1.29, 1.82) is 0 Å². The first-order valence-electron chi connectivity index (χ1n) is 5.96. The second-order valence-corrected chi connectivity index (χ2v) is 6.47. The van der Waals surface area contributed by atoms with Gasteiger partial charge in [0.2, 0.25) is 0 Å². The summed E-state index contributed by atoms with van der Waals surface area (Å²) in [7, 11) is -0.519. The van der Waals surface area contributed by atoms with E-state index in [0.717, 1.165) is 11.0 Å². The van der Waals surface area contributed by atoms with Crippen molar-refractivity contribution < 1.29 is 9.31 Å². The first kappa shape index (κ1) is 14.2. The van der Waals surface area contributed by atoms with Crippen molar-refractivity contribution in [2.45, 2.75) is 45.8 Å². The summed E-state index contributed by atoms with van der Waals surface area (Å²) in [6.07, 6.45) is 0. The fourth-order valence-electron chi connectivity index (χ4n) is 1.86. The highest BCUT2D eigenvalue weighted by atomic mass is 35.5. The molecule has 1 heterocycles. The summed E-state index contributed by atoms with van der Waals surface area (Å²) in [5.74, 6) is 0. The van der Waals surface area contributed by atoms with E-state index < -0.39 is 18.3 Å². The molecule has 0 spiro atoms. The molecular weight excluding hydrogens is 270 g/mol. The lowest BCUT2D eigenvalue weighted by Crippen LogP contribution is -2.41. The van der Waals surface area contributed by atoms with Gasteiger partial charge in [-0.2, -0.15) is 0 Å². The second-order valence-electron chi connectivity index (χ2n) is 5.68. The van der Waals surface area contributed by atoms with Gasteiger partial charge in [-0.1, -0.05) is 29.3 Å². The zero-order chi connectivity index (χ0) is 13.7. The fourth-order valence-corrected chi connectivity index (χ4v) is 2.40. The smallest absolute Gasteiger partial charge is 0.399 e. The van der Waals surface area contributed by atoms with Gasteiger partial charge in [-0.3, -0.25) is 0 Å². The molecule has 0 N–H and O–H groups in total. The van der Waals surface area contributed by atoms with E-state index in [2.05, 4.69) is 0 Å². The molecule has 0 aromatic heterocycles. The Morgan fingerprint density at radius 1 is 1.00 bits per heavy atom. The third-order valence-corrected chi connectivity index (χ3v) is 4.64. The molecule has 1 aromatic carbocycles. The molecule has 1 aromatic rings. The van der Waals surface area contributed by atoms with Crippen LogP contribution < -0.4 is 5.46 Å². The fraction of sp³-hybridized carbons (Fsp3) is 0.538. The van der Waals surface area contributed by atoms with Crippen LogP contribution in [0.5, 0.6) is 0 Å². The molecule has 0 aliphatic carbocycles. The molecule has 0 saturated carbocycles. The van der Waals surface area contributed by atoms with Crippen LogP contribution in [0.3, 0.4) is 0 Å². The Morgan fingerprint density at radius 2 is 1.50 bits per heavy atom. The lowest BCUT2D eigenvalue weighted by Gasteiger charge is -2.32. The zero-order valence-corrected chi connectivity index (χ0v) is 12.8. The Hall–Kier alpha value is -0.215. The second kappa shape index (κ2) is 4.41. The predicted molar refractivity (Wildman–Crippen MR) is 76.9 cm³/mol. The number of halogens is 2. The first-order chi connectivity index (χ1) is 8.16. The van der Waals surface area contributed by atoms with Gasteiger partial charge in [0.05, 0.1) is 11.2 Å². The van der Waals surface area contributed by atoms with Gasteiger partial charge in [0.15, 0.2) is 0 Å². The molecular formula is C13H17BCl2O2. The van der Waals surface area contributed by atoms with E-state index >= 15 is 0 Å². The number of aryl methyl sites for hydroxylation is 1. The van der Waals surface area contributed by atoms with Gasteiger partial charge >= 0.3 is 7.12 Å². The Kier molecular flexibility index (Phi) is 3.48. The van der Waals surface area contributed by atoms with Crippen LogP contribution in [0.4, 0.5) is 0 Å². The number of hydrogen-bond acceptors (Lipinski definition) is 2. The van der Waals surface area contributed by atoms with E-state index in [0.29, 0.717) is 10.0 Å². The maximum absolute atomic E-state index is 6.32. The van der Waals surface area contributed by atoms with Crippen molar-refractivity contribution in [1.82, 2.24) is 0 Å². The largest absolute Gasteiger partial charge is 0.497 e. The zero-order valence-electron chi connectivity index (χ0n) is 11.3. The average molecular weight is 287 g/mol. The van der Waals surface area contributed by atoms with E-state index in [1.165, 1.54) is 0 Å². The number of rotatable bonds is 1. The van der Waals surface area contributed by atoms with Crippen LogP contribution in [-0.2, 0) is 9.31 Å². The Bertz CT molecular complexity index is 470. The number of benzene rings is 1. The molecule has 1 fully saturated rings. The molecule has 98 valence electrons. The third-order valence-electron chi connectivity index (χ3n) is 3.81. The van der Waals surface area contributed by atoms with Crippen LogP contribution in [0.2, 0.25) is 10.0 Å². The quantitative estimate of drug-likeness (QED) is 0.735. The Morgan fingerprint density at radius 3 is 2.00 bits per heavy atom. The van der Waals surface area contributed by atoms with Crippen LogP contribution >= 0.6 is 23.2 Å². The predicted octanol–water partition coefficient (Wildman–Crippen LogP) is 3.60. The average Bonchev–Trinajstić information content (AvgIpc) is 2.43. The summed E-state index contributed by atoms with van der Waals surface area (Å²) in [6.45, 7) is 9.96. The van der Waals surface area contributed by atoms with Crippen LogP contribution in [0.1, 0.15) is 33.3 Å². The van der Waals surface area contributed by atoms with Gasteiger partial charge in [0.1, 0.15) is 0 Å². The highest BCUT2D eigenvalue weighted by Crippen LogP contribution is 2.37. The van der Waals surface area contributed by atoms with E-state index in [1.807, 2.05) is 46.8 Å². The molecule has 0 atom stereocenters. The summed E-state index contributed by atoms with van der Waals surface area (Å²) < 4.78 is 12.0. The van der Waals surface area contributed by atoms with Gasteiger partial charge in [-0.15, -0.1) is 0 Å². The van der Waals surface area contributed by atoms with E-state index in [-0.39, 0.29) is 0 Å². The van der Waals surface area contributed by atoms with Gasteiger partial charge in [0.25, 0.3) is 0 Å². The molecule has 0 amide bonds. The normalized spacial score (nSPS) is 21.4. The van der Waals surface area contributed by atoms with Crippen molar-refractivity contribution in [3.05, 3.63) is 27.7 Å². The third kappa shape index (κ3) is 2.18. The Labute approximate surface area is 119 Å². The highest BCUT2D eigenvalue weighted by molar-refractivity contribution is 6.69. The van der Waals surface area contributed by atoms with Crippen molar-refractivity contribution >= 4 is 35.8 Å². The molecule has 1 saturated heterocycles. The Balaban J connectivity index is 2.44. The van der Waals surface area contributed by atoms with Crippen LogP contribution in [-0.4, -0.2) is 18.3 Å². The summed E-state index contributed by atoms with van der Waals surface area (Å²) in [4.78, 5) is 0. The maximum atomic E-state index is 6.32. The minimum atomic E-state index is -0.519. The minimum absolute atomic E-state index is 0.395. The van der Waals surface area contributed by atoms with E-state index in [9.17, 15) is 0 Å². The molecule has 1 aliphatic rings. The molecule has 2 nitrogen and oxygen atoms in total. The van der Waals surface area contributed by atoms with Crippen LogP contribution in [0.25, 0.3) is 0 Å². The molecule has 1 aliphatic heterocycles. The van der Waals surface area contributed by atoms with Crippen molar-refractivity contribution in [3.63, 3.8) is 0 Å². The molecule has 18 heavy (non-hydrogen) atoms. The van der Waals surface area contributed by atoms with E-state index in [4.69, 9.17) is 32.5 Å². The SMILES string of the molecule is Cc1ccc(Cl)c(B2OC(C)(C)C(C)(C)O2)c1Cl. The standard InChI is InChI=1S/C13H17BCl2O2/c1-8-6-7-9(15)10(11(8)16)14-17-12(2,3)13(4,5)18-14/h6-7H,1-5H3. The first-order valence-corrected chi connectivity index (χ1v) is 6.71. The molecule has 2 rings (SSSR count). The van der Waals surface area contributed by atoms with E-state index in [1.54, 1.807) is 0 Å². The van der Waals surface area contributed by atoms with Gasteiger partial charge in [-0.05, 0) is 46.2 Å². The molecule has 0 bridgehead atoms. The van der Waals surface area contributed by atoms with Crippen molar-refractivity contribution in [2.24, 2.45) is 0 Å². The monoisotopic (exact) mass is 286 g/mol. The van der Waals surface area contributed by atoms with Gasteiger partial charge in [-0.25, -0.2) is 0 Å². The van der Waals surface area contributed by atoms with Gasteiger partial charge < -0.3 is 9.31 Å². The van der Waals surface area contributed by atoms with Crippen molar-refractivity contribution in [2.75, 3.05) is 0 Å². The maximum Gasteiger partial charge on any atom is 0.497 e. The summed E-state index contributed by atoms with van der Waals surface area (Å²) >= 11 is 12.5. The topological polar surface area (TPSA) is 18.5 Å². The number of hydrogen-bond donors (Lipinski definition) is 0. The lowest BCUT2D eigenvalue weighted by molar-refractivity contribution is 0.00578. The highest BCUT2D eigenvalue weighted by Gasteiger charge is 2.52. The summed E-state index contributed by atoms with van der Waals surface area (Å²) in [5, 5.41) is 1.19.